The van der Waals surface area contributed by atoms with Crippen LogP contribution in [0.1, 0.15) is 12.5 Å². The fourth-order valence-electron chi connectivity index (χ4n) is 3.49. The van der Waals surface area contributed by atoms with Crippen LogP contribution in [0.3, 0.4) is 0 Å². The second kappa shape index (κ2) is 12.1. The number of rotatable bonds is 9. The fraction of sp³-hybridized carbons (Fsp3) is 0.200. The summed E-state index contributed by atoms with van der Waals surface area (Å²) in [6.45, 7) is 1.09. The van der Waals surface area contributed by atoms with Crippen molar-refractivity contribution in [2.45, 2.75) is 24.4 Å². The predicted molar refractivity (Wildman–Crippen MR) is 146 cm³/mol. The lowest BCUT2D eigenvalue weighted by Gasteiger charge is -2.32. The number of carbonyl (C=O) groups is 2. The zero-order chi connectivity index (χ0) is 26.5. The summed E-state index contributed by atoms with van der Waals surface area (Å²) in [4.78, 5) is 27.5. The van der Waals surface area contributed by atoms with Crippen molar-refractivity contribution in [2.75, 3.05) is 17.9 Å². The summed E-state index contributed by atoms with van der Waals surface area (Å²) in [6.07, 6.45) is 0. The molecule has 0 spiro atoms. The van der Waals surface area contributed by atoms with Gasteiger partial charge in [-0.2, -0.15) is 0 Å². The highest BCUT2D eigenvalue weighted by molar-refractivity contribution is 9.10. The maximum Gasteiger partial charge on any atom is 0.264 e. The molecule has 0 radical (unpaired) electrons. The van der Waals surface area contributed by atoms with Gasteiger partial charge in [-0.15, -0.1) is 0 Å². The number of benzene rings is 3. The van der Waals surface area contributed by atoms with Gasteiger partial charge in [-0.25, -0.2) is 8.42 Å². The maximum absolute atomic E-state index is 13.7. The number of hydrogen-bond acceptors (Lipinski definition) is 4. The van der Waals surface area contributed by atoms with E-state index in [1.165, 1.54) is 42.3 Å². The molecule has 0 aliphatic heterocycles. The minimum Gasteiger partial charge on any atom is -0.357 e. The Bertz CT molecular complexity index is 1340. The third-order valence-electron chi connectivity index (χ3n) is 5.47. The average molecular weight is 613 g/mol. The molecule has 0 aliphatic carbocycles. The standard InChI is InChI=1S/C25H24BrCl2N3O4S/c1-17(25(33)29-2)30(15-18-8-10-19(26)11-9-18)24(32)16-31(23-13-12-20(27)14-22(23)28)36(34,35)21-6-4-3-5-7-21/h3-14,17H,15-16H2,1-2H3,(H,29,33). The molecule has 0 saturated heterocycles. The van der Waals surface area contributed by atoms with Gasteiger partial charge in [-0.1, -0.05) is 69.5 Å². The highest BCUT2D eigenvalue weighted by Gasteiger charge is 2.33. The van der Waals surface area contributed by atoms with Crippen molar-refractivity contribution < 1.29 is 18.0 Å². The van der Waals surface area contributed by atoms with Crippen molar-refractivity contribution in [3.63, 3.8) is 0 Å². The lowest BCUT2D eigenvalue weighted by Crippen LogP contribution is -2.50. The van der Waals surface area contributed by atoms with Crippen LogP contribution in [0.2, 0.25) is 10.0 Å². The van der Waals surface area contributed by atoms with Crippen LogP contribution in [0.5, 0.6) is 0 Å². The minimum absolute atomic E-state index is 0.0115. The molecule has 7 nitrogen and oxygen atoms in total. The predicted octanol–water partition coefficient (Wildman–Crippen LogP) is 5.11. The van der Waals surface area contributed by atoms with Gasteiger partial charge < -0.3 is 10.2 Å². The van der Waals surface area contributed by atoms with Crippen molar-refractivity contribution in [3.05, 3.63) is 92.9 Å². The minimum atomic E-state index is -4.20. The average Bonchev–Trinajstić information content (AvgIpc) is 2.86. The molecular formula is C25H24BrCl2N3O4S. The van der Waals surface area contributed by atoms with Gasteiger partial charge in [0.15, 0.2) is 0 Å². The number of nitrogens with zero attached hydrogens (tertiary/aromatic N) is 2. The van der Waals surface area contributed by atoms with Gasteiger partial charge in [0.1, 0.15) is 12.6 Å². The molecule has 0 fully saturated rings. The molecule has 1 N–H and O–H groups in total. The summed E-state index contributed by atoms with van der Waals surface area (Å²) in [5.41, 5.74) is 0.860. The first-order valence-corrected chi connectivity index (χ1v) is 13.8. The lowest BCUT2D eigenvalue weighted by molar-refractivity contribution is -0.139. The smallest absolute Gasteiger partial charge is 0.264 e. The molecule has 36 heavy (non-hydrogen) atoms. The Hall–Kier alpha value is -2.59. The van der Waals surface area contributed by atoms with E-state index < -0.39 is 28.5 Å². The van der Waals surface area contributed by atoms with Crippen LogP contribution in [-0.2, 0) is 26.2 Å². The van der Waals surface area contributed by atoms with Crippen LogP contribution in [0.15, 0.2) is 82.2 Å². The van der Waals surface area contributed by atoms with Crippen molar-refractivity contribution in [1.82, 2.24) is 10.2 Å². The monoisotopic (exact) mass is 611 g/mol. The summed E-state index contributed by atoms with van der Waals surface area (Å²) in [5, 5.41) is 2.92. The molecule has 190 valence electrons. The summed E-state index contributed by atoms with van der Waals surface area (Å²) < 4.78 is 29.1. The first-order valence-electron chi connectivity index (χ1n) is 10.8. The summed E-state index contributed by atoms with van der Waals surface area (Å²) in [7, 11) is -2.72. The van der Waals surface area contributed by atoms with E-state index in [4.69, 9.17) is 23.2 Å². The first-order chi connectivity index (χ1) is 17.0. The second-order valence-electron chi connectivity index (χ2n) is 7.86. The Morgan fingerprint density at radius 2 is 1.64 bits per heavy atom. The Kier molecular flexibility index (Phi) is 9.41. The number of hydrogen-bond donors (Lipinski definition) is 1. The van der Waals surface area contributed by atoms with Gasteiger partial charge in [-0.3, -0.25) is 13.9 Å². The van der Waals surface area contributed by atoms with Crippen molar-refractivity contribution in [1.29, 1.82) is 0 Å². The van der Waals surface area contributed by atoms with E-state index in [9.17, 15) is 18.0 Å². The van der Waals surface area contributed by atoms with Crippen molar-refractivity contribution in [3.8, 4) is 0 Å². The fourth-order valence-corrected chi connectivity index (χ4v) is 5.77. The largest absolute Gasteiger partial charge is 0.357 e. The van der Waals surface area contributed by atoms with Crippen LogP contribution in [-0.4, -0.2) is 44.8 Å². The third kappa shape index (κ3) is 6.59. The van der Waals surface area contributed by atoms with Gasteiger partial charge in [-0.05, 0) is 55.0 Å². The SMILES string of the molecule is CNC(=O)C(C)N(Cc1ccc(Br)cc1)C(=O)CN(c1ccc(Cl)cc1Cl)S(=O)(=O)c1ccccc1. The highest BCUT2D eigenvalue weighted by atomic mass is 79.9. The van der Waals surface area contributed by atoms with Crippen molar-refractivity contribution >= 4 is 66.7 Å². The van der Waals surface area contributed by atoms with Crippen LogP contribution in [0.25, 0.3) is 0 Å². The Morgan fingerprint density at radius 3 is 2.22 bits per heavy atom. The Balaban J connectivity index is 2.05. The first kappa shape index (κ1) is 28.0. The number of anilines is 1. The molecular weight excluding hydrogens is 589 g/mol. The number of amides is 2. The lowest BCUT2D eigenvalue weighted by atomic mass is 10.1. The van der Waals surface area contributed by atoms with Crippen LogP contribution in [0.4, 0.5) is 5.69 Å². The number of sulfonamides is 1. The van der Waals surface area contributed by atoms with Crippen LogP contribution in [0, 0.1) is 0 Å². The Labute approximate surface area is 229 Å². The normalized spacial score (nSPS) is 12.0. The van der Waals surface area contributed by atoms with Gasteiger partial charge in [0.05, 0.1) is 15.6 Å². The zero-order valence-corrected chi connectivity index (χ0v) is 23.4. The van der Waals surface area contributed by atoms with E-state index in [0.717, 1.165) is 14.3 Å². The molecule has 0 aliphatic rings. The molecule has 3 aromatic carbocycles. The zero-order valence-electron chi connectivity index (χ0n) is 19.5. The summed E-state index contributed by atoms with van der Waals surface area (Å²) in [6, 6.07) is 18.5. The van der Waals surface area contributed by atoms with Gasteiger partial charge in [0.2, 0.25) is 11.8 Å². The van der Waals surface area contributed by atoms with E-state index in [2.05, 4.69) is 21.2 Å². The van der Waals surface area contributed by atoms with Gasteiger partial charge >= 0.3 is 0 Å². The van der Waals surface area contributed by atoms with Crippen LogP contribution >= 0.6 is 39.1 Å². The number of nitrogens with one attached hydrogen (secondary N) is 1. The highest BCUT2D eigenvalue weighted by Crippen LogP contribution is 2.33. The molecule has 0 aromatic heterocycles. The molecule has 1 unspecified atom stereocenters. The molecule has 0 heterocycles. The van der Waals surface area contributed by atoms with Crippen molar-refractivity contribution in [2.24, 2.45) is 0 Å². The van der Waals surface area contributed by atoms with E-state index in [0.29, 0.717) is 5.02 Å². The molecule has 3 rings (SSSR count). The molecule has 1 atom stereocenters. The molecule has 0 bridgehead atoms. The number of carbonyl (C=O) groups excluding carboxylic acids is 2. The molecule has 11 heteroatoms. The number of likely N-dealkylation sites (N-methyl/N-ethyl adjacent to an activating group) is 1. The molecule has 3 aromatic rings. The molecule has 2 amide bonds. The van der Waals surface area contributed by atoms with E-state index in [1.807, 2.05) is 24.3 Å². The van der Waals surface area contributed by atoms with E-state index in [1.54, 1.807) is 25.1 Å². The van der Waals surface area contributed by atoms with Gasteiger partial charge in [0.25, 0.3) is 10.0 Å². The second-order valence-corrected chi connectivity index (χ2v) is 11.5. The quantitative estimate of drug-likeness (QED) is 0.364. The van der Waals surface area contributed by atoms with E-state index >= 15 is 0 Å². The maximum atomic E-state index is 13.7. The molecule has 0 saturated carbocycles. The topological polar surface area (TPSA) is 86.8 Å². The summed E-state index contributed by atoms with van der Waals surface area (Å²) >= 11 is 15.8. The van der Waals surface area contributed by atoms with E-state index in [-0.39, 0.29) is 28.1 Å². The number of halogens is 3. The van der Waals surface area contributed by atoms with Crippen LogP contribution < -0.4 is 9.62 Å². The van der Waals surface area contributed by atoms with Gasteiger partial charge in [0, 0.05) is 23.1 Å². The Morgan fingerprint density at radius 1 is 1.00 bits per heavy atom. The third-order valence-corrected chi connectivity index (χ3v) is 8.31. The summed E-state index contributed by atoms with van der Waals surface area (Å²) in [5.74, 6) is -0.970.